The Morgan fingerprint density at radius 2 is 1.95 bits per heavy atom. The number of pyridine rings is 1. The van der Waals surface area contributed by atoms with Crippen molar-refractivity contribution >= 4 is 31.8 Å². The fraction of sp³-hybridized carbons (Fsp3) is 0.308. The highest BCUT2D eigenvalue weighted by molar-refractivity contribution is 7.25. The molecule has 0 saturated carbocycles. The molecule has 19 heavy (non-hydrogen) atoms. The molecule has 3 rings (SSSR count). The molecule has 0 aliphatic carbocycles. The fourth-order valence-corrected chi connectivity index (χ4v) is 3.72. The topological polar surface area (TPSA) is 78.6 Å². The van der Waals surface area contributed by atoms with E-state index in [1.165, 1.54) is 16.9 Å². The van der Waals surface area contributed by atoms with Gasteiger partial charge in [-0.1, -0.05) is 6.92 Å². The van der Waals surface area contributed by atoms with E-state index in [9.17, 15) is 9.59 Å². The van der Waals surface area contributed by atoms with E-state index in [2.05, 4.69) is 21.9 Å². The summed E-state index contributed by atoms with van der Waals surface area (Å²) in [6, 6.07) is 0. The summed E-state index contributed by atoms with van der Waals surface area (Å²) in [6.45, 7) is 6.07. The van der Waals surface area contributed by atoms with Crippen molar-refractivity contribution in [2.45, 2.75) is 27.2 Å². The number of H-pyrrole nitrogens is 2. The number of fused-ring (bicyclic) bond motifs is 3. The predicted molar refractivity (Wildman–Crippen MR) is 77.2 cm³/mol. The largest absolute Gasteiger partial charge is 0.326 e. The van der Waals surface area contributed by atoms with Crippen LogP contribution in [-0.2, 0) is 6.42 Å². The Morgan fingerprint density at radius 3 is 2.63 bits per heavy atom. The zero-order valence-corrected chi connectivity index (χ0v) is 11.7. The van der Waals surface area contributed by atoms with E-state index >= 15 is 0 Å². The third kappa shape index (κ3) is 1.63. The SMILES string of the molecule is CCc1c(C)nc2sc3c(=O)[nH]c(=O)[nH]c3c2c1C. The lowest BCUT2D eigenvalue weighted by atomic mass is 10.0. The molecule has 0 aromatic carbocycles. The van der Waals surface area contributed by atoms with Crippen LogP contribution in [0.2, 0.25) is 0 Å². The number of thiophene rings is 1. The first-order valence-corrected chi connectivity index (χ1v) is 6.89. The van der Waals surface area contributed by atoms with Crippen LogP contribution in [0.3, 0.4) is 0 Å². The average Bonchev–Trinajstić information content (AvgIpc) is 2.68. The van der Waals surface area contributed by atoms with Crippen LogP contribution in [0.4, 0.5) is 0 Å². The second-order valence-electron chi connectivity index (χ2n) is 4.55. The lowest BCUT2D eigenvalue weighted by Crippen LogP contribution is -2.20. The number of aromatic nitrogens is 3. The molecule has 3 aromatic rings. The zero-order valence-electron chi connectivity index (χ0n) is 10.9. The van der Waals surface area contributed by atoms with Crippen molar-refractivity contribution in [3.05, 3.63) is 37.7 Å². The zero-order chi connectivity index (χ0) is 13.7. The van der Waals surface area contributed by atoms with Gasteiger partial charge >= 0.3 is 5.69 Å². The van der Waals surface area contributed by atoms with Crippen molar-refractivity contribution in [1.82, 2.24) is 15.0 Å². The van der Waals surface area contributed by atoms with Crippen LogP contribution in [0.25, 0.3) is 20.4 Å². The van der Waals surface area contributed by atoms with E-state index in [0.29, 0.717) is 10.2 Å². The molecule has 0 spiro atoms. The van der Waals surface area contributed by atoms with E-state index in [-0.39, 0.29) is 5.56 Å². The second-order valence-corrected chi connectivity index (χ2v) is 5.55. The van der Waals surface area contributed by atoms with Crippen molar-refractivity contribution in [1.29, 1.82) is 0 Å². The lowest BCUT2D eigenvalue weighted by molar-refractivity contribution is 1.05. The average molecular weight is 275 g/mol. The van der Waals surface area contributed by atoms with Gasteiger partial charge in [0.15, 0.2) is 0 Å². The van der Waals surface area contributed by atoms with Crippen LogP contribution in [0.15, 0.2) is 9.59 Å². The molecule has 0 aliphatic rings. The molecule has 98 valence electrons. The first kappa shape index (κ1) is 12.1. The van der Waals surface area contributed by atoms with Gasteiger partial charge in [0.1, 0.15) is 9.53 Å². The van der Waals surface area contributed by atoms with E-state index in [1.807, 2.05) is 13.8 Å². The molecule has 2 N–H and O–H groups in total. The first-order valence-electron chi connectivity index (χ1n) is 6.07. The molecule has 0 aliphatic heterocycles. The van der Waals surface area contributed by atoms with Crippen LogP contribution in [0.1, 0.15) is 23.7 Å². The minimum atomic E-state index is -0.477. The van der Waals surface area contributed by atoms with Gasteiger partial charge in [-0.2, -0.15) is 0 Å². The van der Waals surface area contributed by atoms with Gasteiger partial charge in [0.2, 0.25) is 0 Å². The summed E-state index contributed by atoms with van der Waals surface area (Å²) in [5.74, 6) is 0. The molecule has 3 aromatic heterocycles. The number of aryl methyl sites for hydroxylation is 2. The molecular formula is C13H13N3O2S. The van der Waals surface area contributed by atoms with Gasteiger partial charge in [-0.25, -0.2) is 9.78 Å². The summed E-state index contributed by atoms with van der Waals surface area (Å²) in [6.07, 6.45) is 0.880. The highest BCUT2D eigenvalue weighted by atomic mass is 32.1. The Balaban J connectivity index is 2.65. The standard InChI is InChI=1S/C13H13N3O2S/c1-4-7-5(2)8-9-10(11(17)16-13(18)15-9)19-12(8)14-6(7)3/h4H2,1-3H3,(H2,15,16,17,18). The smallest absolute Gasteiger partial charge is 0.305 e. The number of nitrogens with one attached hydrogen (secondary N) is 2. The number of hydrogen-bond acceptors (Lipinski definition) is 4. The summed E-state index contributed by atoms with van der Waals surface area (Å²) in [5.41, 5.74) is 3.03. The lowest BCUT2D eigenvalue weighted by Gasteiger charge is -2.07. The number of hydrogen-bond donors (Lipinski definition) is 2. The van der Waals surface area contributed by atoms with Crippen LogP contribution in [0, 0.1) is 13.8 Å². The molecule has 0 atom stereocenters. The Kier molecular flexibility index (Phi) is 2.56. The Bertz CT molecular complexity index is 917. The second kappa shape index (κ2) is 4.03. The molecule has 0 bridgehead atoms. The maximum Gasteiger partial charge on any atom is 0.326 e. The van der Waals surface area contributed by atoms with Crippen LogP contribution in [-0.4, -0.2) is 15.0 Å². The van der Waals surface area contributed by atoms with E-state index in [4.69, 9.17) is 0 Å². The summed E-state index contributed by atoms with van der Waals surface area (Å²) >= 11 is 1.32. The third-order valence-electron chi connectivity index (χ3n) is 3.45. The van der Waals surface area contributed by atoms with Crippen molar-refractivity contribution in [2.75, 3.05) is 0 Å². The molecule has 0 saturated heterocycles. The minimum absolute atomic E-state index is 0.350. The minimum Gasteiger partial charge on any atom is -0.305 e. The number of aromatic amines is 2. The normalized spacial score (nSPS) is 11.5. The molecule has 6 heteroatoms. The van der Waals surface area contributed by atoms with Crippen molar-refractivity contribution in [2.24, 2.45) is 0 Å². The fourth-order valence-electron chi connectivity index (χ4n) is 2.59. The Labute approximate surface area is 112 Å². The van der Waals surface area contributed by atoms with Crippen molar-refractivity contribution < 1.29 is 0 Å². The molecule has 0 unspecified atom stereocenters. The predicted octanol–water partition coefficient (Wildman–Crippen LogP) is 2.01. The molecule has 0 amide bonds. The monoisotopic (exact) mass is 275 g/mol. The van der Waals surface area contributed by atoms with Gasteiger partial charge in [0.05, 0.1) is 5.52 Å². The number of nitrogens with zero attached hydrogens (tertiary/aromatic N) is 1. The first-order chi connectivity index (χ1) is 9.02. The maximum atomic E-state index is 11.8. The van der Waals surface area contributed by atoms with Gasteiger partial charge < -0.3 is 4.98 Å². The molecule has 5 nitrogen and oxygen atoms in total. The molecular weight excluding hydrogens is 262 g/mol. The van der Waals surface area contributed by atoms with E-state index in [1.54, 1.807) is 0 Å². The van der Waals surface area contributed by atoms with E-state index in [0.717, 1.165) is 27.9 Å². The summed E-state index contributed by atoms with van der Waals surface area (Å²) in [5, 5.41) is 0.894. The summed E-state index contributed by atoms with van der Waals surface area (Å²) in [4.78, 5) is 33.6. The maximum absolute atomic E-state index is 11.8. The molecule has 3 heterocycles. The van der Waals surface area contributed by atoms with Gasteiger partial charge in [0, 0.05) is 11.1 Å². The molecule has 0 radical (unpaired) electrons. The highest BCUT2D eigenvalue weighted by Crippen LogP contribution is 2.33. The van der Waals surface area contributed by atoms with Gasteiger partial charge in [-0.05, 0) is 31.4 Å². The highest BCUT2D eigenvalue weighted by Gasteiger charge is 2.16. The quantitative estimate of drug-likeness (QED) is 0.713. The van der Waals surface area contributed by atoms with Crippen LogP contribution >= 0.6 is 11.3 Å². The van der Waals surface area contributed by atoms with Gasteiger partial charge in [-0.3, -0.25) is 9.78 Å². The number of rotatable bonds is 1. The summed E-state index contributed by atoms with van der Waals surface area (Å²) < 4.78 is 0.526. The van der Waals surface area contributed by atoms with Gasteiger partial charge in [-0.15, -0.1) is 11.3 Å². The Morgan fingerprint density at radius 1 is 1.21 bits per heavy atom. The molecule has 0 fully saturated rings. The van der Waals surface area contributed by atoms with Crippen molar-refractivity contribution in [3.8, 4) is 0 Å². The van der Waals surface area contributed by atoms with Crippen LogP contribution in [0.5, 0.6) is 0 Å². The summed E-state index contributed by atoms with van der Waals surface area (Å²) in [7, 11) is 0. The van der Waals surface area contributed by atoms with Crippen molar-refractivity contribution in [3.63, 3.8) is 0 Å². The Hall–Kier alpha value is -1.95. The van der Waals surface area contributed by atoms with E-state index < -0.39 is 5.69 Å². The third-order valence-corrected chi connectivity index (χ3v) is 4.53. The van der Waals surface area contributed by atoms with Gasteiger partial charge in [0.25, 0.3) is 5.56 Å². The van der Waals surface area contributed by atoms with Crippen LogP contribution < -0.4 is 11.2 Å².